The summed E-state index contributed by atoms with van der Waals surface area (Å²) in [5, 5.41) is 3.56. The van der Waals surface area contributed by atoms with Crippen molar-refractivity contribution in [2.24, 2.45) is 0 Å². The van der Waals surface area contributed by atoms with Crippen LogP contribution in [0.2, 0.25) is 0 Å². The standard InChI is InChI=1S/C22H23N3O/c1-15-6-9-18(10-7-15)21-19(14-24-12-4-5-17(3)22(24)26)25-13-16(2)8-11-20(25)23-21/h4-12,23H,13-14H2,1-3H3. The smallest absolute Gasteiger partial charge is 0.253 e. The van der Waals surface area contributed by atoms with Crippen LogP contribution in [-0.4, -0.2) is 16.0 Å². The topological polar surface area (TPSA) is 37.3 Å². The first-order valence-corrected chi connectivity index (χ1v) is 8.91. The molecule has 0 atom stereocenters. The SMILES string of the molecule is CC1=CC=C2NC(c3ccc(C)cc3)=C(Cn3cccc(C)c3=O)N2C1. The lowest BCUT2D eigenvalue weighted by molar-refractivity contribution is 0.433. The first-order chi connectivity index (χ1) is 12.5. The van der Waals surface area contributed by atoms with Crippen molar-refractivity contribution in [3.8, 4) is 0 Å². The van der Waals surface area contributed by atoms with Gasteiger partial charge in [0.05, 0.1) is 17.9 Å². The molecular formula is C22H23N3O. The van der Waals surface area contributed by atoms with Crippen molar-refractivity contribution in [3.05, 3.63) is 98.9 Å². The maximum Gasteiger partial charge on any atom is 0.253 e. The number of hydrogen-bond acceptors (Lipinski definition) is 3. The molecule has 4 heteroatoms. The molecule has 3 heterocycles. The third kappa shape index (κ3) is 2.88. The summed E-state index contributed by atoms with van der Waals surface area (Å²) in [4.78, 5) is 14.8. The largest absolute Gasteiger partial charge is 0.340 e. The molecule has 0 fully saturated rings. The number of allylic oxidation sites excluding steroid dienone is 3. The van der Waals surface area contributed by atoms with Gasteiger partial charge in [-0.15, -0.1) is 0 Å². The van der Waals surface area contributed by atoms with Crippen LogP contribution < -0.4 is 10.9 Å². The number of hydrogen-bond donors (Lipinski definition) is 1. The van der Waals surface area contributed by atoms with Gasteiger partial charge in [-0.2, -0.15) is 0 Å². The van der Waals surface area contributed by atoms with Crippen molar-refractivity contribution >= 4 is 5.70 Å². The zero-order chi connectivity index (χ0) is 18.3. The molecule has 4 nitrogen and oxygen atoms in total. The van der Waals surface area contributed by atoms with Gasteiger partial charge in [0.15, 0.2) is 0 Å². The Kier molecular flexibility index (Phi) is 4.03. The van der Waals surface area contributed by atoms with Crippen LogP contribution in [0.3, 0.4) is 0 Å². The van der Waals surface area contributed by atoms with Crippen molar-refractivity contribution in [1.82, 2.24) is 14.8 Å². The molecular weight excluding hydrogens is 322 g/mol. The van der Waals surface area contributed by atoms with E-state index < -0.39 is 0 Å². The van der Waals surface area contributed by atoms with Crippen molar-refractivity contribution in [2.75, 3.05) is 6.54 Å². The Morgan fingerprint density at radius 3 is 2.58 bits per heavy atom. The Balaban J connectivity index is 1.81. The lowest BCUT2D eigenvalue weighted by Crippen LogP contribution is -2.30. The number of pyridine rings is 1. The molecule has 2 aliphatic heterocycles. The van der Waals surface area contributed by atoms with Crippen molar-refractivity contribution in [1.29, 1.82) is 0 Å². The van der Waals surface area contributed by atoms with E-state index >= 15 is 0 Å². The molecule has 0 aliphatic carbocycles. The molecule has 2 aromatic rings. The lowest BCUT2D eigenvalue weighted by Gasteiger charge is -2.26. The molecule has 1 N–H and O–H groups in total. The van der Waals surface area contributed by atoms with Gasteiger partial charge in [-0.3, -0.25) is 4.79 Å². The second-order valence-electron chi connectivity index (χ2n) is 7.09. The fourth-order valence-corrected chi connectivity index (χ4v) is 3.45. The Bertz CT molecular complexity index is 1010. The fraction of sp³-hybridized carbons (Fsp3) is 0.227. The summed E-state index contributed by atoms with van der Waals surface area (Å²) in [6.45, 7) is 7.46. The summed E-state index contributed by atoms with van der Waals surface area (Å²) in [7, 11) is 0. The fourth-order valence-electron chi connectivity index (χ4n) is 3.45. The van der Waals surface area contributed by atoms with Crippen LogP contribution in [0, 0.1) is 13.8 Å². The number of rotatable bonds is 3. The third-order valence-electron chi connectivity index (χ3n) is 4.96. The highest BCUT2D eigenvalue weighted by molar-refractivity contribution is 5.72. The second kappa shape index (κ2) is 6.37. The van der Waals surface area contributed by atoms with E-state index in [4.69, 9.17) is 0 Å². The van der Waals surface area contributed by atoms with Crippen LogP contribution in [0.1, 0.15) is 23.6 Å². The maximum absolute atomic E-state index is 12.5. The zero-order valence-corrected chi connectivity index (χ0v) is 15.4. The minimum Gasteiger partial charge on any atom is -0.340 e. The van der Waals surface area contributed by atoms with Crippen LogP contribution in [0.4, 0.5) is 0 Å². The normalized spacial score (nSPS) is 16.2. The predicted molar refractivity (Wildman–Crippen MR) is 105 cm³/mol. The average molecular weight is 345 g/mol. The molecule has 0 radical (unpaired) electrons. The number of nitrogens with one attached hydrogen (secondary N) is 1. The van der Waals surface area contributed by atoms with Gasteiger partial charge in [0, 0.05) is 18.3 Å². The average Bonchev–Trinajstić information content (AvgIpc) is 2.97. The van der Waals surface area contributed by atoms with E-state index in [1.807, 2.05) is 25.3 Å². The molecule has 2 aliphatic rings. The molecule has 4 rings (SSSR count). The molecule has 0 unspecified atom stereocenters. The van der Waals surface area contributed by atoms with Crippen molar-refractivity contribution < 1.29 is 0 Å². The number of aromatic nitrogens is 1. The highest BCUT2D eigenvalue weighted by Crippen LogP contribution is 2.33. The van der Waals surface area contributed by atoms with Gasteiger partial charge >= 0.3 is 0 Å². The molecule has 0 spiro atoms. The number of nitrogens with zero attached hydrogens (tertiary/aromatic N) is 2. The molecule has 0 saturated heterocycles. The molecule has 0 amide bonds. The second-order valence-corrected chi connectivity index (χ2v) is 7.09. The van der Waals surface area contributed by atoms with E-state index in [1.165, 1.54) is 11.1 Å². The van der Waals surface area contributed by atoms with Gasteiger partial charge in [-0.25, -0.2) is 0 Å². The zero-order valence-electron chi connectivity index (χ0n) is 15.4. The van der Waals surface area contributed by atoms with Gasteiger partial charge in [-0.1, -0.05) is 47.5 Å². The minimum absolute atomic E-state index is 0.0601. The summed E-state index contributed by atoms with van der Waals surface area (Å²) >= 11 is 0. The monoisotopic (exact) mass is 345 g/mol. The maximum atomic E-state index is 12.5. The molecule has 1 aromatic carbocycles. The Labute approximate surface area is 153 Å². The summed E-state index contributed by atoms with van der Waals surface area (Å²) in [5.74, 6) is 1.07. The predicted octanol–water partition coefficient (Wildman–Crippen LogP) is 3.54. The third-order valence-corrected chi connectivity index (χ3v) is 4.96. The van der Waals surface area contributed by atoms with Crippen molar-refractivity contribution in [3.63, 3.8) is 0 Å². The van der Waals surface area contributed by atoms with Gasteiger partial charge in [0.1, 0.15) is 5.82 Å². The summed E-state index contributed by atoms with van der Waals surface area (Å²) in [6, 6.07) is 12.3. The van der Waals surface area contributed by atoms with E-state index in [0.717, 1.165) is 34.9 Å². The van der Waals surface area contributed by atoms with Crippen LogP contribution in [0.15, 0.2) is 76.6 Å². The summed E-state index contributed by atoms with van der Waals surface area (Å²) in [5.41, 5.74) is 6.70. The number of benzene rings is 1. The summed E-state index contributed by atoms with van der Waals surface area (Å²) < 4.78 is 1.79. The Hall–Kier alpha value is -3.01. The van der Waals surface area contributed by atoms with Gasteiger partial charge in [-0.05, 0) is 38.5 Å². The number of aryl methyl sites for hydroxylation is 2. The van der Waals surface area contributed by atoms with Gasteiger partial charge < -0.3 is 14.8 Å². The molecule has 0 saturated carbocycles. The van der Waals surface area contributed by atoms with Crippen LogP contribution >= 0.6 is 0 Å². The molecule has 26 heavy (non-hydrogen) atoms. The Morgan fingerprint density at radius 2 is 1.81 bits per heavy atom. The van der Waals surface area contributed by atoms with Gasteiger partial charge in [0.2, 0.25) is 0 Å². The van der Waals surface area contributed by atoms with Crippen LogP contribution in [0.5, 0.6) is 0 Å². The van der Waals surface area contributed by atoms with E-state index in [0.29, 0.717) is 6.54 Å². The first-order valence-electron chi connectivity index (χ1n) is 8.91. The quantitative estimate of drug-likeness (QED) is 0.924. The van der Waals surface area contributed by atoms with E-state index in [2.05, 4.69) is 60.5 Å². The van der Waals surface area contributed by atoms with Crippen LogP contribution in [0.25, 0.3) is 5.70 Å². The first kappa shape index (κ1) is 16.5. The Morgan fingerprint density at radius 1 is 1.04 bits per heavy atom. The van der Waals surface area contributed by atoms with E-state index in [1.54, 1.807) is 4.57 Å². The highest BCUT2D eigenvalue weighted by Gasteiger charge is 2.29. The lowest BCUT2D eigenvalue weighted by atomic mass is 10.1. The minimum atomic E-state index is 0.0601. The van der Waals surface area contributed by atoms with Crippen LogP contribution in [-0.2, 0) is 6.54 Å². The highest BCUT2D eigenvalue weighted by atomic mass is 16.1. The summed E-state index contributed by atoms with van der Waals surface area (Å²) in [6.07, 6.45) is 6.12. The van der Waals surface area contributed by atoms with Gasteiger partial charge in [0.25, 0.3) is 5.56 Å². The van der Waals surface area contributed by atoms with E-state index in [-0.39, 0.29) is 5.56 Å². The van der Waals surface area contributed by atoms with E-state index in [9.17, 15) is 4.79 Å². The molecule has 1 aromatic heterocycles. The van der Waals surface area contributed by atoms with Crippen molar-refractivity contribution in [2.45, 2.75) is 27.3 Å². The molecule has 0 bridgehead atoms. The molecule has 132 valence electrons. The number of fused-ring (bicyclic) bond motifs is 1.